The maximum absolute atomic E-state index is 12.5. The van der Waals surface area contributed by atoms with Crippen LogP contribution in [0, 0.1) is 5.41 Å². The average Bonchev–Trinajstić information content (AvgIpc) is 2.70. The molecular formula is C15H26N2O. The number of nitrogens with one attached hydrogen (secondary N) is 2. The minimum atomic E-state index is -0.0812. The van der Waals surface area contributed by atoms with E-state index in [1.54, 1.807) is 0 Å². The first-order valence-corrected chi connectivity index (χ1v) is 7.73. The van der Waals surface area contributed by atoms with Crippen molar-refractivity contribution >= 4 is 5.91 Å². The Balaban J connectivity index is 1.57. The van der Waals surface area contributed by atoms with E-state index in [4.69, 9.17) is 0 Å². The van der Waals surface area contributed by atoms with Gasteiger partial charge in [-0.3, -0.25) is 4.79 Å². The lowest BCUT2D eigenvalue weighted by atomic mass is 9.75. The molecule has 2 saturated heterocycles. The number of hydrogen-bond acceptors (Lipinski definition) is 2. The monoisotopic (exact) mass is 250 g/mol. The predicted octanol–water partition coefficient (Wildman–Crippen LogP) is 2.36. The second kappa shape index (κ2) is 4.84. The van der Waals surface area contributed by atoms with Gasteiger partial charge in [0.05, 0.1) is 0 Å². The first kappa shape index (κ1) is 12.5. The molecule has 3 nitrogen and oxygen atoms in total. The lowest BCUT2D eigenvalue weighted by molar-refractivity contribution is -0.132. The zero-order valence-corrected chi connectivity index (χ0v) is 11.5. The fourth-order valence-electron chi connectivity index (χ4n) is 4.09. The van der Waals surface area contributed by atoms with Crippen molar-refractivity contribution in [3.05, 3.63) is 0 Å². The molecule has 0 radical (unpaired) electrons. The van der Waals surface area contributed by atoms with Gasteiger partial charge in [0.15, 0.2) is 0 Å². The van der Waals surface area contributed by atoms with Crippen molar-refractivity contribution in [1.29, 1.82) is 0 Å². The van der Waals surface area contributed by atoms with Crippen LogP contribution in [0.3, 0.4) is 0 Å². The molecule has 0 spiro atoms. The summed E-state index contributed by atoms with van der Waals surface area (Å²) in [4.78, 5) is 12.5. The van der Waals surface area contributed by atoms with E-state index in [1.165, 1.54) is 32.1 Å². The van der Waals surface area contributed by atoms with Gasteiger partial charge >= 0.3 is 0 Å². The maximum atomic E-state index is 12.5. The Morgan fingerprint density at radius 1 is 1.11 bits per heavy atom. The summed E-state index contributed by atoms with van der Waals surface area (Å²) in [5.41, 5.74) is -0.0812. The van der Waals surface area contributed by atoms with Crippen LogP contribution in [0.25, 0.3) is 0 Å². The van der Waals surface area contributed by atoms with Crippen LogP contribution in [0.5, 0.6) is 0 Å². The molecule has 2 atom stereocenters. The van der Waals surface area contributed by atoms with E-state index < -0.39 is 0 Å². The van der Waals surface area contributed by atoms with Crippen molar-refractivity contribution in [3.8, 4) is 0 Å². The molecule has 2 heterocycles. The highest BCUT2D eigenvalue weighted by molar-refractivity contribution is 5.82. The van der Waals surface area contributed by atoms with Gasteiger partial charge < -0.3 is 10.6 Å². The van der Waals surface area contributed by atoms with Gasteiger partial charge in [-0.2, -0.15) is 0 Å². The van der Waals surface area contributed by atoms with Gasteiger partial charge in [-0.15, -0.1) is 0 Å². The standard InChI is InChI=1S/C15H26N2O/c1-15(7-3-2-4-8-15)14(18)17-13-9-11-5-6-12(10-13)16-11/h11-13,16H,2-10H2,1H3,(H,17,18). The molecule has 1 amide bonds. The van der Waals surface area contributed by atoms with Crippen LogP contribution in [-0.4, -0.2) is 24.0 Å². The van der Waals surface area contributed by atoms with E-state index in [0.717, 1.165) is 25.7 Å². The molecular weight excluding hydrogens is 224 g/mol. The molecule has 18 heavy (non-hydrogen) atoms. The van der Waals surface area contributed by atoms with E-state index in [9.17, 15) is 4.79 Å². The number of rotatable bonds is 2. The minimum absolute atomic E-state index is 0.0812. The molecule has 2 aliphatic heterocycles. The minimum Gasteiger partial charge on any atom is -0.353 e. The van der Waals surface area contributed by atoms with Gasteiger partial charge in [0.1, 0.15) is 0 Å². The molecule has 0 aromatic rings. The third kappa shape index (κ3) is 2.42. The maximum Gasteiger partial charge on any atom is 0.226 e. The summed E-state index contributed by atoms with van der Waals surface area (Å²) in [6.07, 6.45) is 10.8. The Labute approximate surface area is 110 Å². The average molecular weight is 250 g/mol. The van der Waals surface area contributed by atoms with Crippen molar-refractivity contribution < 1.29 is 4.79 Å². The van der Waals surface area contributed by atoms with Crippen molar-refractivity contribution in [1.82, 2.24) is 10.6 Å². The SMILES string of the molecule is CC1(C(=O)NC2CC3CCC(C2)N3)CCCCC1. The lowest BCUT2D eigenvalue weighted by Gasteiger charge is -2.36. The summed E-state index contributed by atoms with van der Waals surface area (Å²) < 4.78 is 0. The molecule has 0 aromatic carbocycles. The molecule has 3 aliphatic rings. The number of fused-ring (bicyclic) bond motifs is 2. The number of piperidine rings is 1. The van der Waals surface area contributed by atoms with Gasteiger partial charge in [-0.05, 0) is 38.5 Å². The van der Waals surface area contributed by atoms with Crippen LogP contribution in [0.4, 0.5) is 0 Å². The summed E-state index contributed by atoms with van der Waals surface area (Å²) >= 11 is 0. The predicted molar refractivity (Wildman–Crippen MR) is 72.3 cm³/mol. The smallest absolute Gasteiger partial charge is 0.226 e. The Kier molecular flexibility index (Phi) is 3.35. The van der Waals surface area contributed by atoms with E-state index in [-0.39, 0.29) is 5.41 Å². The van der Waals surface area contributed by atoms with E-state index in [2.05, 4.69) is 17.6 Å². The zero-order chi connectivity index (χ0) is 12.6. The molecule has 102 valence electrons. The van der Waals surface area contributed by atoms with E-state index in [0.29, 0.717) is 24.0 Å². The zero-order valence-electron chi connectivity index (χ0n) is 11.5. The fourth-order valence-corrected chi connectivity index (χ4v) is 4.09. The van der Waals surface area contributed by atoms with Gasteiger partial charge in [-0.1, -0.05) is 26.2 Å². The molecule has 3 fully saturated rings. The van der Waals surface area contributed by atoms with Gasteiger partial charge in [0, 0.05) is 23.5 Å². The van der Waals surface area contributed by atoms with Gasteiger partial charge in [-0.25, -0.2) is 0 Å². The Hall–Kier alpha value is -0.570. The summed E-state index contributed by atoms with van der Waals surface area (Å²) in [5.74, 6) is 0.327. The van der Waals surface area contributed by atoms with Gasteiger partial charge in [0.2, 0.25) is 5.91 Å². The summed E-state index contributed by atoms with van der Waals surface area (Å²) in [7, 11) is 0. The topological polar surface area (TPSA) is 41.1 Å². The molecule has 3 heteroatoms. The molecule has 2 unspecified atom stereocenters. The summed E-state index contributed by atoms with van der Waals surface area (Å²) in [6.45, 7) is 2.16. The second-order valence-electron chi connectivity index (χ2n) is 6.90. The summed E-state index contributed by atoms with van der Waals surface area (Å²) in [6, 6.07) is 1.75. The van der Waals surface area contributed by atoms with E-state index in [1.807, 2.05) is 0 Å². The first-order valence-electron chi connectivity index (χ1n) is 7.73. The van der Waals surface area contributed by atoms with Crippen molar-refractivity contribution in [2.45, 2.75) is 82.8 Å². The van der Waals surface area contributed by atoms with Crippen LogP contribution in [-0.2, 0) is 4.79 Å². The highest BCUT2D eigenvalue weighted by Crippen LogP contribution is 2.36. The lowest BCUT2D eigenvalue weighted by Crippen LogP contribution is -2.51. The molecule has 0 aromatic heterocycles. The molecule has 2 bridgehead atoms. The third-order valence-electron chi connectivity index (χ3n) is 5.31. The van der Waals surface area contributed by atoms with Crippen LogP contribution in [0.2, 0.25) is 0 Å². The number of carbonyl (C=O) groups is 1. The van der Waals surface area contributed by atoms with Crippen LogP contribution < -0.4 is 10.6 Å². The van der Waals surface area contributed by atoms with Crippen molar-refractivity contribution in [3.63, 3.8) is 0 Å². The molecule has 1 saturated carbocycles. The molecule has 3 rings (SSSR count). The van der Waals surface area contributed by atoms with Crippen molar-refractivity contribution in [2.24, 2.45) is 5.41 Å². The normalized spacial score (nSPS) is 38.4. The third-order valence-corrected chi connectivity index (χ3v) is 5.31. The molecule has 2 N–H and O–H groups in total. The Bertz CT molecular complexity index is 310. The van der Waals surface area contributed by atoms with Crippen LogP contribution in [0.1, 0.15) is 64.7 Å². The number of hydrogen-bond donors (Lipinski definition) is 2. The second-order valence-corrected chi connectivity index (χ2v) is 6.90. The van der Waals surface area contributed by atoms with Gasteiger partial charge in [0.25, 0.3) is 0 Å². The van der Waals surface area contributed by atoms with Crippen molar-refractivity contribution in [2.75, 3.05) is 0 Å². The molecule has 1 aliphatic carbocycles. The Morgan fingerprint density at radius 3 is 2.33 bits per heavy atom. The summed E-state index contributed by atoms with van der Waals surface area (Å²) in [5, 5.41) is 6.98. The van der Waals surface area contributed by atoms with E-state index >= 15 is 0 Å². The van der Waals surface area contributed by atoms with Crippen LogP contribution >= 0.6 is 0 Å². The number of carbonyl (C=O) groups excluding carboxylic acids is 1. The largest absolute Gasteiger partial charge is 0.353 e. The van der Waals surface area contributed by atoms with Crippen LogP contribution in [0.15, 0.2) is 0 Å². The Morgan fingerprint density at radius 2 is 1.72 bits per heavy atom. The quantitative estimate of drug-likeness (QED) is 0.790. The number of amides is 1. The highest BCUT2D eigenvalue weighted by atomic mass is 16.2. The first-order chi connectivity index (χ1) is 8.66. The highest BCUT2D eigenvalue weighted by Gasteiger charge is 2.38. The fraction of sp³-hybridized carbons (Fsp3) is 0.933.